The van der Waals surface area contributed by atoms with E-state index in [4.69, 9.17) is 0 Å². The van der Waals surface area contributed by atoms with E-state index in [1.165, 1.54) is 11.8 Å². The third-order valence-electron chi connectivity index (χ3n) is 4.40. The molecule has 0 spiro atoms. The zero-order chi connectivity index (χ0) is 17.1. The summed E-state index contributed by atoms with van der Waals surface area (Å²) in [6, 6.07) is 7.08. The number of hydrogen-bond acceptors (Lipinski definition) is 3. The van der Waals surface area contributed by atoms with Gasteiger partial charge in [-0.05, 0) is 18.4 Å². The van der Waals surface area contributed by atoms with E-state index in [0.717, 1.165) is 16.9 Å². The minimum absolute atomic E-state index is 0.0406. The highest BCUT2D eigenvalue weighted by Crippen LogP contribution is 2.28. The molecule has 1 aromatic carbocycles. The Hall–Kier alpha value is -2.37. The molecule has 0 aromatic heterocycles. The van der Waals surface area contributed by atoms with Crippen molar-refractivity contribution in [2.24, 2.45) is 5.92 Å². The summed E-state index contributed by atoms with van der Waals surface area (Å²) in [7, 11) is 0. The Bertz CT molecular complexity index is 602. The summed E-state index contributed by atoms with van der Waals surface area (Å²) in [4.78, 5) is 38.9. The average Bonchev–Trinajstić information content (AvgIpc) is 2.77. The molecule has 2 rings (SSSR count). The molecule has 1 fully saturated rings. The number of aliphatic carboxylic acids is 1. The number of carboxylic acid groups (broad SMARTS) is 1. The van der Waals surface area contributed by atoms with Crippen LogP contribution in [0.3, 0.4) is 0 Å². The summed E-state index contributed by atoms with van der Waals surface area (Å²) >= 11 is 0. The van der Waals surface area contributed by atoms with Crippen molar-refractivity contribution >= 4 is 17.9 Å². The predicted molar refractivity (Wildman–Crippen MR) is 84.6 cm³/mol. The summed E-state index contributed by atoms with van der Waals surface area (Å²) in [5, 5.41) is 9.17. The van der Waals surface area contributed by atoms with Crippen LogP contribution in [0, 0.1) is 5.92 Å². The maximum Gasteiger partial charge on any atom is 0.328 e. The van der Waals surface area contributed by atoms with Crippen molar-refractivity contribution in [3.8, 4) is 0 Å². The summed E-state index contributed by atoms with van der Waals surface area (Å²) in [5.41, 5.74) is 0.909. The van der Waals surface area contributed by atoms with Crippen LogP contribution in [0.15, 0.2) is 30.3 Å². The lowest BCUT2D eigenvalue weighted by molar-refractivity contribution is -0.146. The molecule has 1 aliphatic heterocycles. The number of carbonyl (C=O) groups excluding carboxylic acids is 2. The zero-order valence-electron chi connectivity index (χ0n) is 13.6. The fourth-order valence-electron chi connectivity index (χ4n) is 2.81. The minimum atomic E-state index is -1.18. The van der Waals surface area contributed by atoms with Gasteiger partial charge in [-0.3, -0.25) is 4.79 Å². The molecular weight excluding hydrogens is 296 g/mol. The third-order valence-corrected chi connectivity index (χ3v) is 4.40. The lowest BCUT2D eigenvalue weighted by atomic mass is 9.97. The van der Waals surface area contributed by atoms with Crippen molar-refractivity contribution in [3.63, 3.8) is 0 Å². The lowest BCUT2D eigenvalue weighted by Crippen LogP contribution is -2.44. The van der Waals surface area contributed by atoms with Gasteiger partial charge in [0.25, 0.3) is 5.91 Å². The molecule has 1 heterocycles. The topological polar surface area (TPSA) is 77.9 Å². The van der Waals surface area contributed by atoms with E-state index in [0.29, 0.717) is 6.54 Å². The molecule has 3 unspecified atom stereocenters. The number of hydrogen-bond donors (Lipinski definition) is 1. The van der Waals surface area contributed by atoms with Gasteiger partial charge in [0.05, 0.1) is 0 Å². The number of rotatable bonds is 6. The van der Waals surface area contributed by atoms with Crippen LogP contribution in [0.1, 0.15) is 32.8 Å². The van der Waals surface area contributed by atoms with Gasteiger partial charge in [-0.25, -0.2) is 14.5 Å². The largest absolute Gasteiger partial charge is 0.480 e. The number of amides is 3. The van der Waals surface area contributed by atoms with Crippen LogP contribution in [0.2, 0.25) is 0 Å². The van der Waals surface area contributed by atoms with Gasteiger partial charge in [0.2, 0.25) is 0 Å². The monoisotopic (exact) mass is 318 g/mol. The van der Waals surface area contributed by atoms with Gasteiger partial charge >= 0.3 is 12.0 Å². The fourth-order valence-corrected chi connectivity index (χ4v) is 2.81. The molecule has 1 saturated heterocycles. The molecule has 0 aliphatic carbocycles. The smallest absolute Gasteiger partial charge is 0.328 e. The number of carboxylic acids is 1. The summed E-state index contributed by atoms with van der Waals surface area (Å²) < 4.78 is 0. The van der Waals surface area contributed by atoms with Gasteiger partial charge in [-0.2, -0.15) is 0 Å². The summed E-state index contributed by atoms with van der Waals surface area (Å²) in [6.07, 6.45) is 0.726. The van der Waals surface area contributed by atoms with Gasteiger partial charge in [0.1, 0.15) is 12.1 Å². The van der Waals surface area contributed by atoms with E-state index in [2.05, 4.69) is 0 Å². The maximum atomic E-state index is 12.7. The van der Waals surface area contributed by atoms with Gasteiger partial charge < -0.3 is 10.0 Å². The molecule has 0 radical (unpaired) electrons. The van der Waals surface area contributed by atoms with Crippen LogP contribution < -0.4 is 0 Å². The number of benzene rings is 1. The Balaban J connectivity index is 2.34. The Morgan fingerprint density at radius 3 is 2.35 bits per heavy atom. The van der Waals surface area contributed by atoms with Crippen LogP contribution in [-0.2, 0) is 16.1 Å². The second kappa shape index (κ2) is 6.81. The van der Waals surface area contributed by atoms with Crippen molar-refractivity contribution in [2.45, 2.75) is 45.8 Å². The van der Waals surface area contributed by atoms with E-state index in [9.17, 15) is 19.5 Å². The van der Waals surface area contributed by atoms with Crippen molar-refractivity contribution < 1.29 is 19.5 Å². The lowest BCUT2D eigenvalue weighted by Gasteiger charge is -2.26. The van der Waals surface area contributed by atoms with Crippen molar-refractivity contribution in [3.05, 3.63) is 35.9 Å². The molecule has 1 aliphatic rings. The van der Waals surface area contributed by atoms with E-state index < -0.39 is 30.0 Å². The standard InChI is InChI=1S/C17H22N2O4/c1-4-11(2)14-15(20)19(12(3)16(21)22)17(23)18(14)10-13-8-6-5-7-9-13/h5-9,11-12,14H,4,10H2,1-3H3,(H,21,22). The highest BCUT2D eigenvalue weighted by molar-refractivity contribution is 6.06. The highest BCUT2D eigenvalue weighted by Gasteiger charge is 2.50. The first-order chi connectivity index (χ1) is 10.9. The van der Waals surface area contributed by atoms with Crippen molar-refractivity contribution in [1.82, 2.24) is 9.80 Å². The van der Waals surface area contributed by atoms with Gasteiger partial charge in [-0.15, -0.1) is 0 Å². The Kier molecular flexibility index (Phi) is 5.03. The summed E-state index contributed by atoms with van der Waals surface area (Å²) in [5.74, 6) is -1.65. The van der Waals surface area contributed by atoms with E-state index in [-0.39, 0.29) is 5.92 Å². The Morgan fingerprint density at radius 2 is 1.83 bits per heavy atom. The number of urea groups is 1. The van der Waals surface area contributed by atoms with Gasteiger partial charge in [-0.1, -0.05) is 50.6 Å². The van der Waals surface area contributed by atoms with Gasteiger partial charge in [0.15, 0.2) is 0 Å². The number of nitrogens with zero attached hydrogens (tertiary/aromatic N) is 2. The molecule has 0 bridgehead atoms. The molecule has 1 N–H and O–H groups in total. The molecule has 1 aromatic rings. The Morgan fingerprint density at radius 1 is 1.22 bits per heavy atom. The molecule has 3 amide bonds. The average molecular weight is 318 g/mol. The molecule has 124 valence electrons. The summed E-state index contributed by atoms with van der Waals surface area (Å²) in [6.45, 7) is 5.51. The van der Waals surface area contributed by atoms with E-state index in [1.807, 2.05) is 44.2 Å². The molecule has 6 nitrogen and oxygen atoms in total. The predicted octanol–water partition coefficient (Wildman–Crippen LogP) is 2.34. The first-order valence-corrected chi connectivity index (χ1v) is 7.78. The highest BCUT2D eigenvalue weighted by atomic mass is 16.4. The van der Waals surface area contributed by atoms with Crippen molar-refractivity contribution in [2.75, 3.05) is 0 Å². The van der Waals surface area contributed by atoms with Crippen LogP contribution in [0.25, 0.3) is 0 Å². The quantitative estimate of drug-likeness (QED) is 0.817. The first kappa shape index (κ1) is 17.0. The Labute approximate surface area is 135 Å². The maximum absolute atomic E-state index is 12.7. The molecule has 0 saturated carbocycles. The minimum Gasteiger partial charge on any atom is -0.480 e. The zero-order valence-corrected chi connectivity index (χ0v) is 13.6. The molecule has 23 heavy (non-hydrogen) atoms. The normalized spacial score (nSPS) is 20.7. The van der Waals surface area contributed by atoms with Crippen molar-refractivity contribution in [1.29, 1.82) is 0 Å². The second-order valence-electron chi connectivity index (χ2n) is 5.95. The van der Waals surface area contributed by atoms with E-state index >= 15 is 0 Å². The second-order valence-corrected chi connectivity index (χ2v) is 5.95. The van der Waals surface area contributed by atoms with Crippen LogP contribution in [0.5, 0.6) is 0 Å². The van der Waals surface area contributed by atoms with E-state index in [1.54, 1.807) is 0 Å². The molecular formula is C17H22N2O4. The van der Waals surface area contributed by atoms with Gasteiger partial charge in [0, 0.05) is 6.54 Å². The number of imide groups is 1. The van der Waals surface area contributed by atoms with Crippen LogP contribution in [-0.4, -0.2) is 44.9 Å². The fraction of sp³-hybridized carbons (Fsp3) is 0.471. The van der Waals surface area contributed by atoms with Crippen LogP contribution in [0.4, 0.5) is 4.79 Å². The first-order valence-electron chi connectivity index (χ1n) is 7.78. The number of carbonyl (C=O) groups is 3. The van der Waals surface area contributed by atoms with Crippen LogP contribution >= 0.6 is 0 Å². The third kappa shape index (κ3) is 3.21. The SMILES string of the molecule is CCC(C)C1C(=O)N(C(C)C(=O)O)C(=O)N1Cc1ccccc1. The molecule has 3 atom stereocenters. The molecule has 6 heteroatoms.